The fourth-order valence-corrected chi connectivity index (χ4v) is 1.95. The minimum Gasteiger partial charge on any atom is -0.339 e. The second-order valence-corrected chi connectivity index (χ2v) is 5.48. The molecule has 0 bridgehead atoms. The molecule has 5 heteroatoms. The summed E-state index contributed by atoms with van der Waals surface area (Å²) in [6.45, 7) is 6.26. The normalized spacial score (nSPS) is 25.5. The van der Waals surface area contributed by atoms with Gasteiger partial charge in [-0.05, 0) is 19.3 Å². The van der Waals surface area contributed by atoms with Crippen LogP contribution in [-0.4, -0.2) is 16.2 Å². The van der Waals surface area contributed by atoms with Gasteiger partial charge in [-0.3, -0.25) is 0 Å². The van der Waals surface area contributed by atoms with E-state index in [0.717, 1.165) is 31.0 Å². The summed E-state index contributed by atoms with van der Waals surface area (Å²) in [5.41, 5.74) is 5.83. The second-order valence-electron chi connectivity index (χ2n) is 5.48. The molecule has 0 amide bonds. The van der Waals surface area contributed by atoms with E-state index in [4.69, 9.17) is 10.3 Å². The summed E-state index contributed by atoms with van der Waals surface area (Å²) in [7, 11) is 0. The van der Waals surface area contributed by atoms with Crippen LogP contribution in [-0.2, 0) is 5.41 Å². The van der Waals surface area contributed by atoms with E-state index >= 15 is 0 Å². The van der Waals surface area contributed by atoms with Crippen LogP contribution in [0, 0.1) is 0 Å². The average Bonchev–Trinajstić information content (AvgIpc) is 2.69. The molecule has 2 rings (SSSR count). The lowest BCUT2D eigenvalue weighted by molar-refractivity contribution is 0.342. The van der Waals surface area contributed by atoms with E-state index in [0.29, 0.717) is 12.0 Å². The van der Waals surface area contributed by atoms with E-state index in [-0.39, 0.29) is 17.8 Å². The van der Waals surface area contributed by atoms with Crippen LogP contribution in [0.3, 0.4) is 0 Å². The Bertz CT molecular complexity index is 345. The summed E-state index contributed by atoms with van der Waals surface area (Å²) >= 11 is 0. The van der Waals surface area contributed by atoms with Crippen molar-refractivity contribution in [1.82, 2.24) is 10.1 Å². The number of rotatable bonds is 1. The number of hydrogen-bond acceptors (Lipinski definition) is 4. The highest BCUT2D eigenvalue weighted by Gasteiger charge is 2.29. The topological polar surface area (TPSA) is 64.9 Å². The Hall–Kier alpha value is -0.610. The highest BCUT2D eigenvalue weighted by atomic mass is 35.5. The molecular formula is C11H20ClN3O. The van der Waals surface area contributed by atoms with Crippen molar-refractivity contribution in [3.63, 3.8) is 0 Å². The van der Waals surface area contributed by atoms with Crippen molar-refractivity contribution in [3.05, 3.63) is 11.7 Å². The van der Waals surface area contributed by atoms with Crippen LogP contribution >= 0.6 is 12.4 Å². The number of halogens is 1. The van der Waals surface area contributed by atoms with Gasteiger partial charge >= 0.3 is 0 Å². The molecule has 0 saturated heterocycles. The third kappa shape index (κ3) is 2.74. The average molecular weight is 246 g/mol. The summed E-state index contributed by atoms with van der Waals surface area (Å²) in [5.74, 6) is 1.94. The van der Waals surface area contributed by atoms with Crippen LogP contribution in [0.15, 0.2) is 4.52 Å². The van der Waals surface area contributed by atoms with Crippen molar-refractivity contribution >= 4 is 12.4 Å². The predicted molar refractivity (Wildman–Crippen MR) is 64.8 cm³/mol. The molecule has 16 heavy (non-hydrogen) atoms. The SMILES string of the molecule is CC(C)(C)c1noc(C2CCC(N)C2)n1.Cl. The van der Waals surface area contributed by atoms with Crippen molar-refractivity contribution in [2.75, 3.05) is 0 Å². The van der Waals surface area contributed by atoms with Gasteiger partial charge in [-0.25, -0.2) is 0 Å². The van der Waals surface area contributed by atoms with Crippen LogP contribution in [0.4, 0.5) is 0 Å². The molecule has 2 N–H and O–H groups in total. The monoisotopic (exact) mass is 245 g/mol. The summed E-state index contributed by atoms with van der Waals surface area (Å²) in [4.78, 5) is 4.46. The van der Waals surface area contributed by atoms with E-state index in [2.05, 4.69) is 30.9 Å². The summed E-state index contributed by atoms with van der Waals surface area (Å²) in [5, 5.41) is 4.03. The minimum absolute atomic E-state index is 0. The standard InChI is InChI=1S/C11H19N3O.ClH/c1-11(2,3)10-13-9(15-14-10)7-4-5-8(12)6-7;/h7-8H,4-6,12H2,1-3H3;1H. The first-order valence-electron chi connectivity index (χ1n) is 5.56. The molecule has 2 atom stereocenters. The van der Waals surface area contributed by atoms with Gasteiger partial charge in [0.1, 0.15) is 0 Å². The first-order valence-corrected chi connectivity index (χ1v) is 5.56. The molecule has 92 valence electrons. The van der Waals surface area contributed by atoms with Crippen LogP contribution in [0.25, 0.3) is 0 Å². The lowest BCUT2D eigenvalue weighted by Crippen LogP contribution is -2.15. The highest BCUT2D eigenvalue weighted by molar-refractivity contribution is 5.85. The zero-order valence-corrected chi connectivity index (χ0v) is 10.9. The summed E-state index contributed by atoms with van der Waals surface area (Å²) in [6, 6.07) is 0.306. The Kier molecular flexibility index (Phi) is 3.97. The molecule has 4 nitrogen and oxygen atoms in total. The zero-order valence-electron chi connectivity index (χ0n) is 10.1. The van der Waals surface area contributed by atoms with Gasteiger partial charge in [0.25, 0.3) is 0 Å². The Balaban J connectivity index is 0.00000128. The van der Waals surface area contributed by atoms with Gasteiger partial charge in [-0.2, -0.15) is 4.98 Å². The summed E-state index contributed by atoms with van der Waals surface area (Å²) < 4.78 is 5.31. The Morgan fingerprint density at radius 2 is 2.00 bits per heavy atom. The van der Waals surface area contributed by atoms with E-state index in [1.54, 1.807) is 0 Å². The maximum Gasteiger partial charge on any atom is 0.229 e. The fourth-order valence-electron chi connectivity index (χ4n) is 1.95. The lowest BCUT2D eigenvalue weighted by Gasteiger charge is -2.11. The van der Waals surface area contributed by atoms with Crippen molar-refractivity contribution in [3.8, 4) is 0 Å². The molecule has 0 aliphatic heterocycles. The van der Waals surface area contributed by atoms with Gasteiger partial charge in [0, 0.05) is 17.4 Å². The maximum atomic E-state index is 5.87. The third-order valence-corrected chi connectivity index (χ3v) is 2.93. The Labute approximate surface area is 102 Å². The molecule has 1 fully saturated rings. The fraction of sp³-hybridized carbons (Fsp3) is 0.818. The minimum atomic E-state index is -0.0392. The van der Waals surface area contributed by atoms with Gasteiger partial charge in [0.05, 0.1) is 0 Å². The lowest BCUT2D eigenvalue weighted by atomic mass is 9.96. The van der Waals surface area contributed by atoms with Crippen LogP contribution in [0.1, 0.15) is 57.7 Å². The quantitative estimate of drug-likeness (QED) is 0.825. The van der Waals surface area contributed by atoms with Gasteiger partial charge in [-0.1, -0.05) is 25.9 Å². The zero-order chi connectivity index (χ0) is 11.1. The van der Waals surface area contributed by atoms with Crippen molar-refractivity contribution < 1.29 is 4.52 Å². The summed E-state index contributed by atoms with van der Waals surface area (Å²) in [6.07, 6.45) is 3.12. The van der Waals surface area contributed by atoms with Gasteiger partial charge in [0.2, 0.25) is 5.89 Å². The Morgan fingerprint density at radius 1 is 1.31 bits per heavy atom. The predicted octanol–water partition coefficient (Wildman–Crippen LogP) is 2.38. The van der Waals surface area contributed by atoms with Crippen LogP contribution in [0.2, 0.25) is 0 Å². The van der Waals surface area contributed by atoms with Gasteiger partial charge < -0.3 is 10.3 Å². The second kappa shape index (κ2) is 4.72. The van der Waals surface area contributed by atoms with E-state index < -0.39 is 0 Å². The van der Waals surface area contributed by atoms with Gasteiger partial charge in [-0.15, -0.1) is 12.4 Å². The first-order chi connectivity index (χ1) is 6.97. The largest absolute Gasteiger partial charge is 0.339 e. The number of nitrogens with zero attached hydrogens (tertiary/aromatic N) is 2. The van der Waals surface area contributed by atoms with E-state index in [9.17, 15) is 0 Å². The van der Waals surface area contributed by atoms with Crippen molar-refractivity contribution in [2.24, 2.45) is 5.73 Å². The molecule has 0 aromatic carbocycles. The number of nitrogens with two attached hydrogens (primary N) is 1. The van der Waals surface area contributed by atoms with Crippen LogP contribution < -0.4 is 5.73 Å². The van der Waals surface area contributed by atoms with Crippen molar-refractivity contribution in [2.45, 2.75) is 57.4 Å². The molecule has 0 spiro atoms. The third-order valence-electron chi connectivity index (χ3n) is 2.93. The molecule has 1 aliphatic carbocycles. The van der Waals surface area contributed by atoms with Crippen molar-refractivity contribution in [1.29, 1.82) is 0 Å². The van der Waals surface area contributed by atoms with E-state index in [1.165, 1.54) is 0 Å². The molecule has 2 unspecified atom stereocenters. The smallest absolute Gasteiger partial charge is 0.229 e. The molecule has 1 aromatic rings. The molecule has 1 saturated carbocycles. The highest BCUT2D eigenvalue weighted by Crippen LogP contribution is 2.33. The Morgan fingerprint density at radius 3 is 2.44 bits per heavy atom. The molecule has 0 radical (unpaired) electrons. The first kappa shape index (κ1) is 13.5. The van der Waals surface area contributed by atoms with Gasteiger partial charge in [0.15, 0.2) is 5.82 Å². The maximum absolute atomic E-state index is 5.87. The van der Waals surface area contributed by atoms with Crippen LogP contribution in [0.5, 0.6) is 0 Å². The molecule has 1 heterocycles. The molecular weight excluding hydrogens is 226 g/mol. The number of hydrogen-bond donors (Lipinski definition) is 1. The molecule has 1 aromatic heterocycles. The number of aromatic nitrogens is 2. The van der Waals surface area contributed by atoms with E-state index in [1.807, 2.05) is 0 Å². The molecule has 1 aliphatic rings.